The van der Waals surface area contributed by atoms with Crippen LogP contribution in [0.5, 0.6) is 0 Å². The Balaban J connectivity index is 1.64. The Morgan fingerprint density at radius 2 is 2.00 bits per heavy atom. The van der Waals surface area contributed by atoms with Crippen molar-refractivity contribution in [1.29, 1.82) is 0 Å². The van der Waals surface area contributed by atoms with E-state index in [1.54, 1.807) is 18.2 Å². The van der Waals surface area contributed by atoms with Crippen molar-refractivity contribution < 1.29 is 14.6 Å². The number of benzene rings is 1. The lowest BCUT2D eigenvalue weighted by Crippen LogP contribution is -2.49. The topological polar surface area (TPSA) is 84.7 Å². The summed E-state index contributed by atoms with van der Waals surface area (Å²) in [4.78, 5) is 30.6. The number of carbonyl (C=O) groups excluding carboxylic acids is 1. The average Bonchev–Trinajstić information content (AvgIpc) is 2.59. The maximum atomic E-state index is 12.6. The number of hydrogen-bond donors (Lipinski definition) is 1. The first-order valence-electron chi connectivity index (χ1n) is 8.95. The van der Waals surface area contributed by atoms with Crippen molar-refractivity contribution in [2.75, 3.05) is 19.6 Å². The minimum atomic E-state index is -0.980. The quantitative estimate of drug-likeness (QED) is 0.807. The maximum Gasteiger partial charge on any atom is 0.320 e. The SMILES string of the molecule is CC(C)OC(=O)CN1CCC(O)(Cn2cnc3ccccc3c2=O)CC1. The second-order valence-corrected chi connectivity index (χ2v) is 7.23. The van der Waals surface area contributed by atoms with Gasteiger partial charge in [-0.05, 0) is 38.8 Å². The Morgan fingerprint density at radius 1 is 1.31 bits per heavy atom. The summed E-state index contributed by atoms with van der Waals surface area (Å²) in [6.45, 7) is 5.24. The molecule has 1 aromatic carbocycles. The van der Waals surface area contributed by atoms with Crippen molar-refractivity contribution >= 4 is 16.9 Å². The molecule has 1 aromatic heterocycles. The van der Waals surface area contributed by atoms with Crippen molar-refractivity contribution in [1.82, 2.24) is 14.5 Å². The van der Waals surface area contributed by atoms with E-state index < -0.39 is 5.60 Å². The summed E-state index contributed by atoms with van der Waals surface area (Å²) in [5.41, 5.74) is -0.474. The van der Waals surface area contributed by atoms with E-state index >= 15 is 0 Å². The summed E-state index contributed by atoms with van der Waals surface area (Å²) < 4.78 is 6.64. The Kier molecular flexibility index (Phi) is 5.38. The van der Waals surface area contributed by atoms with Crippen LogP contribution in [0, 0.1) is 0 Å². The molecular weight excluding hydrogens is 334 g/mol. The molecule has 140 valence electrons. The second-order valence-electron chi connectivity index (χ2n) is 7.23. The van der Waals surface area contributed by atoms with E-state index in [4.69, 9.17) is 4.74 Å². The highest BCUT2D eigenvalue weighted by Crippen LogP contribution is 2.24. The molecule has 0 saturated carbocycles. The molecule has 7 heteroatoms. The molecule has 0 amide bonds. The van der Waals surface area contributed by atoms with Gasteiger partial charge in [-0.3, -0.25) is 19.1 Å². The minimum absolute atomic E-state index is 0.128. The molecular formula is C19H25N3O4. The van der Waals surface area contributed by atoms with Crippen LogP contribution in [0.2, 0.25) is 0 Å². The highest BCUT2D eigenvalue weighted by atomic mass is 16.5. The number of aromatic nitrogens is 2. The van der Waals surface area contributed by atoms with Crippen LogP contribution in [0.25, 0.3) is 10.9 Å². The van der Waals surface area contributed by atoms with Crippen molar-refractivity contribution in [3.63, 3.8) is 0 Å². The molecule has 0 spiro atoms. The van der Waals surface area contributed by atoms with Gasteiger partial charge in [0.25, 0.3) is 5.56 Å². The number of piperidine rings is 1. The van der Waals surface area contributed by atoms with Gasteiger partial charge in [-0.25, -0.2) is 4.98 Å². The smallest absolute Gasteiger partial charge is 0.320 e. The highest BCUT2D eigenvalue weighted by Gasteiger charge is 2.33. The number of rotatable bonds is 5. The van der Waals surface area contributed by atoms with E-state index in [-0.39, 0.29) is 30.7 Å². The summed E-state index contributed by atoms with van der Waals surface area (Å²) >= 11 is 0. The van der Waals surface area contributed by atoms with Crippen LogP contribution >= 0.6 is 0 Å². The minimum Gasteiger partial charge on any atom is -0.462 e. The zero-order chi connectivity index (χ0) is 18.7. The molecule has 3 rings (SSSR count). The van der Waals surface area contributed by atoms with Crippen molar-refractivity contribution in [2.24, 2.45) is 0 Å². The van der Waals surface area contributed by atoms with E-state index in [2.05, 4.69) is 4.98 Å². The van der Waals surface area contributed by atoms with Crippen molar-refractivity contribution in [2.45, 2.75) is 44.9 Å². The molecule has 2 heterocycles. The van der Waals surface area contributed by atoms with Crippen LogP contribution < -0.4 is 5.56 Å². The number of ether oxygens (including phenoxy) is 1. The molecule has 1 saturated heterocycles. The fraction of sp³-hybridized carbons (Fsp3) is 0.526. The molecule has 0 aliphatic carbocycles. The predicted octanol–water partition coefficient (Wildman–Crippen LogP) is 1.17. The second kappa shape index (κ2) is 7.55. The van der Waals surface area contributed by atoms with Crippen LogP contribution in [0.4, 0.5) is 0 Å². The summed E-state index contributed by atoms with van der Waals surface area (Å²) in [6.07, 6.45) is 2.34. The largest absolute Gasteiger partial charge is 0.462 e. The van der Waals surface area contributed by atoms with Gasteiger partial charge in [0.05, 0.1) is 42.0 Å². The van der Waals surface area contributed by atoms with Gasteiger partial charge in [-0.2, -0.15) is 0 Å². The number of aliphatic hydroxyl groups is 1. The van der Waals surface area contributed by atoms with Gasteiger partial charge in [-0.15, -0.1) is 0 Å². The zero-order valence-corrected chi connectivity index (χ0v) is 15.2. The van der Waals surface area contributed by atoms with Crippen LogP contribution in [-0.2, 0) is 16.1 Å². The normalized spacial score (nSPS) is 17.5. The summed E-state index contributed by atoms with van der Waals surface area (Å²) in [5, 5.41) is 11.4. The van der Waals surface area contributed by atoms with Crippen LogP contribution in [-0.4, -0.2) is 56.9 Å². The summed E-state index contributed by atoms with van der Waals surface area (Å²) in [7, 11) is 0. The fourth-order valence-corrected chi connectivity index (χ4v) is 3.30. The predicted molar refractivity (Wildman–Crippen MR) is 97.9 cm³/mol. The third-order valence-electron chi connectivity index (χ3n) is 4.70. The van der Waals surface area contributed by atoms with E-state index in [1.165, 1.54) is 10.9 Å². The van der Waals surface area contributed by atoms with E-state index in [0.29, 0.717) is 36.8 Å². The fourth-order valence-electron chi connectivity index (χ4n) is 3.30. The molecule has 26 heavy (non-hydrogen) atoms. The standard InChI is InChI=1S/C19H25N3O4/c1-14(2)26-17(23)11-21-9-7-19(25,8-10-21)12-22-13-20-16-6-4-3-5-15(16)18(22)24/h3-6,13-14,25H,7-12H2,1-2H3. The van der Waals surface area contributed by atoms with Crippen LogP contribution in [0.15, 0.2) is 35.4 Å². The molecule has 7 nitrogen and oxygen atoms in total. The number of hydrogen-bond acceptors (Lipinski definition) is 6. The molecule has 0 radical (unpaired) electrons. The lowest BCUT2D eigenvalue weighted by Gasteiger charge is -2.38. The third-order valence-corrected chi connectivity index (χ3v) is 4.70. The number of carbonyl (C=O) groups is 1. The van der Waals surface area contributed by atoms with Gasteiger partial charge in [-0.1, -0.05) is 12.1 Å². The number of para-hydroxylation sites is 1. The Labute approximate surface area is 152 Å². The first kappa shape index (κ1) is 18.5. The van der Waals surface area contributed by atoms with Gasteiger partial charge in [0.15, 0.2) is 0 Å². The monoisotopic (exact) mass is 359 g/mol. The highest BCUT2D eigenvalue weighted by molar-refractivity contribution is 5.76. The molecule has 0 bridgehead atoms. The third kappa shape index (κ3) is 4.28. The van der Waals surface area contributed by atoms with Gasteiger partial charge in [0.2, 0.25) is 0 Å². The van der Waals surface area contributed by atoms with Crippen LogP contribution in [0.1, 0.15) is 26.7 Å². The summed E-state index contributed by atoms with van der Waals surface area (Å²) in [5.74, 6) is -0.250. The van der Waals surface area contributed by atoms with Crippen molar-refractivity contribution in [3.8, 4) is 0 Å². The molecule has 0 unspecified atom stereocenters. The Morgan fingerprint density at radius 3 is 2.69 bits per heavy atom. The Bertz CT molecular complexity index is 838. The maximum absolute atomic E-state index is 12.6. The molecule has 1 aliphatic heterocycles. The average molecular weight is 359 g/mol. The van der Waals surface area contributed by atoms with Gasteiger partial charge < -0.3 is 9.84 Å². The van der Waals surface area contributed by atoms with Gasteiger partial charge in [0.1, 0.15) is 0 Å². The first-order chi connectivity index (χ1) is 12.4. The summed E-state index contributed by atoms with van der Waals surface area (Å²) in [6, 6.07) is 7.19. The number of esters is 1. The van der Waals surface area contributed by atoms with Crippen molar-refractivity contribution in [3.05, 3.63) is 40.9 Å². The van der Waals surface area contributed by atoms with Gasteiger partial charge in [0, 0.05) is 13.1 Å². The zero-order valence-electron chi connectivity index (χ0n) is 15.2. The first-order valence-corrected chi connectivity index (χ1v) is 8.95. The van der Waals surface area contributed by atoms with E-state index in [9.17, 15) is 14.7 Å². The number of likely N-dealkylation sites (tertiary alicyclic amines) is 1. The Hall–Kier alpha value is -2.25. The molecule has 1 N–H and O–H groups in total. The van der Waals surface area contributed by atoms with E-state index in [0.717, 1.165) is 0 Å². The molecule has 2 aromatic rings. The van der Waals surface area contributed by atoms with Gasteiger partial charge >= 0.3 is 5.97 Å². The molecule has 0 atom stereocenters. The van der Waals surface area contributed by atoms with E-state index in [1.807, 2.05) is 24.8 Å². The number of nitrogens with zero attached hydrogens (tertiary/aromatic N) is 3. The lowest BCUT2D eigenvalue weighted by molar-refractivity contribution is -0.150. The lowest BCUT2D eigenvalue weighted by atomic mass is 9.91. The number of fused-ring (bicyclic) bond motifs is 1. The molecule has 1 aliphatic rings. The molecule has 1 fully saturated rings. The van der Waals surface area contributed by atoms with Crippen LogP contribution in [0.3, 0.4) is 0 Å².